The Morgan fingerprint density at radius 1 is 0.308 bits per heavy atom. The van der Waals surface area contributed by atoms with E-state index in [2.05, 4.69) is 0 Å². The summed E-state index contributed by atoms with van der Waals surface area (Å²) in [7, 11) is 0. The Kier molecular flexibility index (Phi) is 668. The summed E-state index contributed by atoms with van der Waals surface area (Å²) < 4.78 is 0. The summed E-state index contributed by atoms with van der Waals surface area (Å²) in [4.78, 5) is 0. The summed E-state index contributed by atoms with van der Waals surface area (Å²) in [5, 5.41) is 37.5. The number of hydrogen-bond donors (Lipinski definition) is 0. The molecule has 0 saturated carbocycles. The Hall–Kier alpha value is -2.48. The summed E-state index contributed by atoms with van der Waals surface area (Å²) in [5.41, 5.74) is 0. The molecule has 0 bridgehead atoms. The number of rotatable bonds is 0. The van der Waals surface area contributed by atoms with Gasteiger partial charge in [-0.25, -0.2) is 0 Å². The van der Waals surface area contributed by atoms with Crippen molar-refractivity contribution >= 4 is 0 Å². The van der Waals surface area contributed by atoms with Gasteiger partial charge in [-0.3, -0.25) is 0 Å². The summed E-state index contributed by atoms with van der Waals surface area (Å²) in [5.74, 6) is 0. The molecule has 0 saturated heterocycles. The van der Waals surface area contributed by atoms with E-state index in [0.717, 1.165) is 0 Å². The second kappa shape index (κ2) is 113. The third-order valence-corrected chi connectivity index (χ3v) is 0. The quantitative estimate of drug-likeness (QED) is 0.531. The van der Waals surface area contributed by atoms with Crippen LogP contribution in [0, 0.1) is 71.0 Å². The third kappa shape index (κ3) is 88.0. The zero-order valence-corrected chi connectivity index (χ0v) is 7.53. The average molecular weight is 207 g/mol. The van der Waals surface area contributed by atoms with Gasteiger partial charge in [0.1, 0.15) is 0 Å². The van der Waals surface area contributed by atoms with Crippen molar-refractivity contribution in [3.63, 3.8) is 0 Å². The number of nitrogens with zero attached hydrogens (tertiary/aromatic N) is 6. The van der Waals surface area contributed by atoms with Crippen LogP contribution in [0.5, 0.6) is 0 Å². The summed E-state index contributed by atoms with van der Waals surface area (Å²) >= 11 is 0. The minimum Gasteiger partial charge on any atom is -0.512 e. The first-order valence-corrected chi connectivity index (χ1v) is 1.34. The van der Waals surface area contributed by atoms with Gasteiger partial charge in [-0.1, -0.05) is 0 Å². The second-order valence-corrected chi connectivity index (χ2v) is 0. The predicted octanol–water partition coefficient (Wildman–Crippen LogP) is 0.576. The standard InChI is InChI=1S/6CN.V/c6*1-2;/q6*-1;. The van der Waals surface area contributed by atoms with Crippen LogP contribution in [0.3, 0.4) is 0 Å². The van der Waals surface area contributed by atoms with Crippen LogP contribution in [0.25, 0.3) is 0 Å². The molecular formula is C6N6V-6. The first kappa shape index (κ1) is 76.9. The van der Waals surface area contributed by atoms with Gasteiger partial charge in [0.2, 0.25) is 0 Å². The van der Waals surface area contributed by atoms with Crippen molar-refractivity contribution in [2.75, 3.05) is 0 Å². The van der Waals surface area contributed by atoms with E-state index in [9.17, 15) is 0 Å². The van der Waals surface area contributed by atoms with Crippen LogP contribution in [-0.4, -0.2) is 0 Å². The second-order valence-electron chi connectivity index (χ2n) is 0. The van der Waals surface area contributed by atoms with Gasteiger partial charge >= 0.3 is 0 Å². The van der Waals surface area contributed by atoms with Crippen molar-refractivity contribution in [2.24, 2.45) is 0 Å². The van der Waals surface area contributed by atoms with E-state index in [1.807, 2.05) is 0 Å². The van der Waals surface area contributed by atoms with Gasteiger partial charge in [-0.05, 0) is 0 Å². The minimum atomic E-state index is 0. The van der Waals surface area contributed by atoms with Gasteiger partial charge in [0.25, 0.3) is 0 Å². The van der Waals surface area contributed by atoms with E-state index in [1.54, 1.807) is 0 Å². The van der Waals surface area contributed by atoms with Crippen molar-refractivity contribution in [2.45, 2.75) is 0 Å². The average Bonchev–Trinajstić information content (AvgIpc) is 2.33. The number of hydrogen-bond acceptors (Lipinski definition) is 6. The van der Waals surface area contributed by atoms with E-state index in [-0.39, 0.29) is 18.6 Å². The molecule has 6 nitrogen and oxygen atoms in total. The van der Waals surface area contributed by atoms with Crippen molar-refractivity contribution in [1.29, 1.82) is 31.6 Å². The van der Waals surface area contributed by atoms with Crippen LogP contribution >= 0.6 is 0 Å². The molecule has 0 amide bonds. The zero-order chi connectivity index (χ0) is 12.0. The molecule has 0 aliphatic carbocycles. The fraction of sp³-hybridized carbons (Fsp3) is 0. The van der Waals surface area contributed by atoms with E-state index in [4.69, 9.17) is 71.0 Å². The predicted molar refractivity (Wildman–Crippen MR) is 29.8 cm³/mol. The van der Waals surface area contributed by atoms with Crippen LogP contribution in [-0.2, 0) is 18.6 Å². The molecule has 65 valence electrons. The van der Waals surface area contributed by atoms with E-state index in [0.29, 0.717) is 0 Å². The molecule has 13 heavy (non-hydrogen) atoms. The van der Waals surface area contributed by atoms with Crippen molar-refractivity contribution in [3.8, 4) is 0 Å². The van der Waals surface area contributed by atoms with Gasteiger partial charge in [0, 0.05) is 18.6 Å². The van der Waals surface area contributed by atoms with Gasteiger partial charge in [-0.15, -0.1) is 0 Å². The van der Waals surface area contributed by atoms with Gasteiger partial charge < -0.3 is 71.0 Å². The van der Waals surface area contributed by atoms with E-state index in [1.165, 1.54) is 0 Å². The maximum atomic E-state index is 6.25. The van der Waals surface area contributed by atoms with E-state index < -0.39 is 0 Å². The monoisotopic (exact) mass is 207 g/mol. The van der Waals surface area contributed by atoms with Crippen molar-refractivity contribution < 1.29 is 18.6 Å². The summed E-state index contributed by atoms with van der Waals surface area (Å²) in [6, 6.07) is 0. The van der Waals surface area contributed by atoms with Crippen molar-refractivity contribution in [1.82, 2.24) is 0 Å². The molecule has 0 spiro atoms. The smallest absolute Gasteiger partial charge is 0 e. The van der Waals surface area contributed by atoms with Crippen LogP contribution < -0.4 is 0 Å². The molecule has 1 radical (unpaired) electrons. The van der Waals surface area contributed by atoms with Crippen LogP contribution in [0.1, 0.15) is 0 Å². The molecule has 0 N–H and O–H groups in total. The van der Waals surface area contributed by atoms with E-state index >= 15 is 0 Å². The fourth-order valence-corrected chi connectivity index (χ4v) is 0. The van der Waals surface area contributed by atoms with Crippen LogP contribution in [0.15, 0.2) is 0 Å². The topological polar surface area (TPSA) is 143 Å². The molecular weight excluding hydrogens is 207 g/mol. The summed E-state index contributed by atoms with van der Waals surface area (Å²) in [6.07, 6.45) is 0. The molecule has 0 unspecified atom stereocenters. The maximum Gasteiger partial charge on any atom is 0 e. The summed E-state index contributed by atoms with van der Waals surface area (Å²) in [6.45, 7) is 28.5. The Morgan fingerprint density at radius 2 is 0.308 bits per heavy atom. The first-order valence-electron chi connectivity index (χ1n) is 1.34. The zero-order valence-electron chi connectivity index (χ0n) is 6.13. The molecule has 0 aromatic rings. The fourth-order valence-electron chi connectivity index (χ4n) is 0. The largest absolute Gasteiger partial charge is 0.512 e. The molecule has 0 heterocycles. The Balaban J connectivity index is -0.00000000655. The molecule has 0 aliphatic rings. The molecule has 0 aliphatic heterocycles. The molecule has 7 heteroatoms. The molecule has 0 rings (SSSR count). The Labute approximate surface area is 90.0 Å². The minimum absolute atomic E-state index is 0. The Morgan fingerprint density at radius 3 is 0.308 bits per heavy atom. The first-order chi connectivity index (χ1) is 6.00. The van der Waals surface area contributed by atoms with Gasteiger partial charge in [0.05, 0.1) is 0 Å². The van der Waals surface area contributed by atoms with Gasteiger partial charge in [0.15, 0.2) is 0 Å². The third-order valence-electron chi connectivity index (χ3n) is 0. The van der Waals surface area contributed by atoms with Gasteiger partial charge in [-0.2, -0.15) is 0 Å². The van der Waals surface area contributed by atoms with Crippen LogP contribution in [0.2, 0.25) is 0 Å². The maximum absolute atomic E-state index is 6.25. The SMILES string of the molecule is [C-]#N.[C-]#N.[C-]#N.[C-]#N.[C-]#N.[C-]#N.[V]. The molecule has 0 atom stereocenters. The molecule has 0 fully saturated rings. The molecule has 0 aromatic carbocycles. The van der Waals surface area contributed by atoms with Crippen LogP contribution in [0.4, 0.5) is 0 Å². The molecule has 0 aromatic heterocycles. The Bertz CT molecular complexity index is 92.1. The van der Waals surface area contributed by atoms with Crippen molar-refractivity contribution in [3.05, 3.63) is 39.4 Å². The normalized spacial score (nSPS) is 0.923.